The van der Waals surface area contributed by atoms with Gasteiger partial charge in [-0.25, -0.2) is 0 Å². The molecule has 2 aromatic rings. The topological polar surface area (TPSA) is 79.1 Å². The molecule has 0 aromatic heterocycles. The summed E-state index contributed by atoms with van der Waals surface area (Å²) >= 11 is 0. The highest BCUT2D eigenvalue weighted by molar-refractivity contribution is 6.02. The van der Waals surface area contributed by atoms with Crippen molar-refractivity contribution in [2.75, 3.05) is 0 Å². The number of benzene rings is 2. The normalized spacial score (nSPS) is 19.9. The molecule has 1 unspecified atom stereocenters. The Hall–Kier alpha value is -3.08. The molecule has 0 saturated heterocycles. The first-order valence-corrected chi connectivity index (χ1v) is 7.14. The van der Waals surface area contributed by atoms with Crippen LogP contribution in [0.25, 0.3) is 5.70 Å². The second kappa shape index (κ2) is 5.96. The third-order valence-electron chi connectivity index (χ3n) is 3.91. The number of fused-ring (bicyclic) bond motifs is 1. The van der Waals surface area contributed by atoms with Crippen molar-refractivity contribution < 1.29 is 14.7 Å². The number of hydrogen-bond donors (Lipinski definition) is 1. The molecular weight excluding hydrogens is 292 g/mol. The van der Waals surface area contributed by atoms with Crippen molar-refractivity contribution in [2.45, 2.75) is 11.8 Å². The molecule has 0 saturated carbocycles. The van der Waals surface area contributed by atoms with Crippen molar-refractivity contribution in [3.8, 4) is 0 Å². The molecule has 0 aliphatic heterocycles. The first-order valence-electron chi connectivity index (χ1n) is 7.14. The van der Waals surface area contributed by atoms with Crippen LogP contribution in [-0.2, 0) is 15.0 Å². The SMILES string of the molecule is O=CC1(C(=O)O)CC=C(N=Nc2ccccc2)c2ccccc21. The van der Waals surface area contributed by atoms with Crippen molar-refractivity contribution in [3.05, 3.63) is 71.8 Å². The van der Waals surface area contributed by atoms with Crippen LogP contribution in [0.1, 0.15) is 17.5 Å². The summed E-state index contributed by atoms with van der Waals surface area (Å²) in [7, 11) is 0. The molecule has 0 bridgehead atoms. The van der Waals surface area contributed by atoms with Crippen molar-refractivity contribution >= 4 is 23.6 Å². The third kappa shape index (κ3) is 2.57. The summed E-state index contributed by atoms with van der Waals surface area (Å²) in [5.41, 5.74) is 0.794. The summed E-state index contributed by atoms with van der Waals surface area (Å²) in [4.78, 5) is 23.1. The van der Waals surface area contributed by atoms with E-state index in [0.29, 0.717) is 28.8 Å². The summed E-state index contributed by atoms with van der Waals surface area (Å²) < 4.78 is 0. The summed E-state index contributed by atoms with van der Waals surface area (Å²) in [6, 6.07) is 16.2. The molecule has 0 heterocycles. The van der Waals surface area contributed by atoms with Gasteiger partial charge in [-0.3, -0.25) is 4.79 Å². The third-order valence-corrected chi connectivity index (χ3v) is 3.91. The molecule has 5 heteroatoms. The predicted molar refractivity (Wildman–Crippen MR) is 85.4 cm³/mol. The van der Waals surface area contributed by atoms with Crippen molar-refractivity contribution in [3.63, 3.8) is 0 Å². The highest BCUT2D eigenvalue weighted by Gasteiger charge is 2.43. The molecule has 0 radical (unpaired) electrons. The number of carboxylic acid groups (broad SMARTS) is 1. The summed E-state index contributed by atoms with van der Waals surface area (Å²) in [6.07, 6.45) is 2.21. The van der Waals surface area contributed by atoms with E-state index < -0.39 is 11.4 Å². The molecule has 5 nitrogen and oxygen atoms in total. The van der Waals surface area contributed by atoms with Gasteiger partial charge in [0.2, 0.25) is 0 Å². The minimum absolute atomic E-state index is 0.0615. The van der Waals surface area contributed by atoms with Gasteiger partial charge >= 0.3 is 5.97 Å². The van der Waals surface area contributed by atoms with Crippen LogP contribution >= 0.6 is 0 Å². The van der Waals surface area contributed by atoms with Gasteiger partial charge in [-0.15, -0.1) is 0 Å². The van der Waals surface area contributed by atoms with Crippen LogP contribution in [0.2, 0.25) is 0 Å². The Morgan fingerprint density at radius 3 is 2.43 bits per heavy atom. The number of hydrogen-bond acceptors (Lipinski definition) is 4. The second-order valence-corrected chi connectivity index (χ2v) is 5.27. The molecule has 114 valence electrons. The number of aliphatic carboxylic acids is 1. The van der Waals surface area contributed by atoms with Crippen LogP contribution in [-0.4, -0.2) is 17.4 Å². The lowest BCUT2D eigenvalue weighted by Gasteiger charge is -2.28. The number of carbonyl (C=O) groups is 2. The van der Waals surface area contributed by atoms with E-state index in [-0.39, 0.29) is 6.42 Å². The molecule has 23 heavy (non-hydrogen) atoms. The fourth-order valence-corrected chi connectivity index (χ4v) is 2.64. The van der Waals surface area contributed by atoms with Crippen LogP contribution < -0.4 is 0 Å². The number of carbonyl (C=O) groups excluding carboxylic acids is 1. The van der Waals surface area contributed by atoms with E-state index in [2.05, 4.69) is 10.2 Å². The minimum Gasteiger partial charge on any atom is -0.480 e. The zero-order valence-electron chi connectivity index (χ0n) is 12.2. The Balaban J connectivity index is 2.04. The number of carboxylic acids is 1. The molecule has 1 aliphatic carbocycles. The second-order valence-electron chi connectivity index (χ2n) is 5.27. The molecule has 0 amide bonds. The quantitative estimate of drug-likeness (QED) is 0.531. The smallest absolute Gasteiger partial charge is 0.321 e. The van der Waals surface area contributed by atoms with E-state index in [9.17, 15) is 14.7 Å². The van der Waals surface area contributed by atoms with Gasteiger partial charge in [0, 0.05) is 5.56 Å². The van der Waals surface area contributed by atoms with Crippen LogP contribution in [0.4, 0.5) is 5.69 Å². The monoisotopic (exact) mass is 306 g/mol. The molecule has 0 spiro atoms. The number of rotatable bonds is 4. The fraction of sp³-hybridized carbons (Fsp3) is 0.111. The van der Waals surface area contributed by atoms with Gasteiger partial charge in [-0.1, -0.05) is 48.5 Å². The maximum Gasteiger partial charge on any atom is 0.321 e. The average Bonchev–Trinajstić information content (AvgIpc) is 2.60. The average molecular weight is 306 g/mol. The van der Waals surface area contributed by atoms with Gasteiger partial charge in [0.25, 0.3) is 0 Å². The lowest BCUT2D eigenvalue weighted by Crippen LogP contribution is -2.39. The Morgan fingerprint density at radius 1 is 1.04 bits per heavy atom. The van der Waals surface area contributed by atoms with E-state index in [4.69, 9.17) is 0 Å². The molecular formula is C18H14N2O3. The minimum atomic E-state index is -1.55. The van der Waals surface area contributed by atoms with Gasteiger partial charge in [-0.05, 0) is 24.1 Å². The Morgan fingerprint density at radius 2 is 1.74 bits per heavy atom. The molecule has 2 aromatic carbocycles. The first-order chi connectivity index (χ1) is 11.2. The molecule has 3 rings (SSSR count). The number of allylic oxidation sites excluding steroid dienone is 1. The summed E-state index contributed by atoms with van der Waals surface area (Å²) in [5, 5.41) is 17.9. The zero-order chi connectivity index (χ0) is 16.3. The van der Waals surface area contributed by atoms with E-state index in [1.165, 1.54) is 0 Å². The zero-order valence-corrected chi connectivity index (χ0v) is 12.2. The first kappa shape index (κ1) is 14.8. The number of aldehydes is 1. The predicted octanol–water partition coefficient (Wildman–Crippen LogP) is 3.74. The van der Waals surface area contributed by atoms with Gasteiger partial charge in [0.1, 0.15) is 6.29 Å². The van der Waals surface area contributed by atoms with Crippen LogP contribution in [0, 0.1) is 0 Å². The lowest BCUT2D eigenvalue weighted by atomic mass is 9.73. The van der Waals surface area contributed by atoms with E-state index in [1.807, 2.05) is 30.3 Å². The molecule has 1 aliphatic rings. The molecule has 0 fully saturated rings. The standard InChI is InChI=1S/C18H14N2O3/c21-12-18(17(22)23)11-10-16(14-8-4-5-9-15(14)18)20-19-13-6-2-1-3-7-13/h1-10,12H,11H2,(H,22,23). The van der Waals surface area contributed by atoms with Crippen molar-refractivity contribution in [1.82, 2.24) is 0 Å². The Bertz CT molecular complexity index is 812. The fourth-order valence-electron chi connectivity index (χ4n) is 2.64. The number of azo groups is 1. The highest BCUT2D eigenvalue weighted by atomic mass is 16.4. The maximum atomic E-state index is 11.6. The Kier molecular flexibility index (Phi) is 3.85. The van der Waals surface area contributed by atoms with E-state index in [1.54, 1.807) is 30.3 Å². The van der Waals surface area contributed by atoms with Gasteiger partial charge in [-0.2, -0.15) is 10.2 Å². The van der Waals surface area contributed by atoms with Gasteiger partial charge < -0.3 is 9.90 Å². The highest BCUT2D eigenvalue weighted by Crippen LogP contribution is 2.39. The van der Waals surface area contributed by atoms with Gasteiger partial charge in [0.15, 0.2) is 5.41 Å². The summed E-state index contributed by atoms with van der Waals surface area (Å²) in [6.45, 7) is 0. The van der Waals surface area contributed by atoms with E-state index in [0.717, 1.165) is 0 Å². The van der Waals surface area contributed by atoms with Crippen molar-refractivity contribution in [1.29, 1.82) is 0 Å². The van der Waals surface area contributed by atoms with Crippen LogP contribution in [0.15, 0.2) is 70.9 Å². The van der Waals surface area contributed by atoms with E-state index >= 15 is 0 Å². The lowest BCUT2D eigenvalue weighted by molar-refractivity contribution is -0.145. The summed E-state index contributed by atoms with van der Waals surface area (Å²) in [5.74, 6) is -1.16. The largest absolute Gasteiger partial charge is 0.480 e. The van der Waals surface area contributed by atoms with Crippen molar-refractivity contribution in [2.24, 2.45) is 10.2 Å². The Labute approximate surface area is 133 Å². The van der Waals surface area contributed by atoms with Gasteiger partial charge in [0.05, 0.1) is 11.4 Å². The number of nitrogens with zero attached hydrogens (tertiary/aromatic N) is 2. The maximum absolute atomic E-state index is 11.6. The van der Waals surface area contributed by atoms with Crippen LogP contribution in [0.3, 0.4) is 0 Å². The molecule has 1 N–H and O–H groups in total. The molecule has 1 atom stereocenters. The van der Waals surface area contributed by atoms with Crippen LogP contribution in [0.5, 0.6) is 0 Å².